The van der Waals surface area contributed by atoms with Gasteiger partial charge in [-0.3, -0.25) is 10.1 Å². The number of hydrogen-bond acceptors (Lipinski definition) is 9. The van der Waals surface area contributed by atoms with Gasteiger partial charge in [0, 0.05) is 30.8 Å². The van der Waals surface area contributed by atoms with Gasteiger partial charge in [0.2, 0.25) is 11.8 Å². The topological polar surface area (TPSA) is 141 Å². The van der Waals surface area contributed by atoms with Crippen LogP contribution in [0.1, 0.15) is 53.4 Å². The molecule has 166 valence electrons. The molecule has 0 atom stereocenters. The zero-order valence-corrected chi connectivity index (χ0v) is 17.9. The molecule has 0 aromatic carbocycles. The molecule has 1 aliphatic heterocycles. The number of nitro groups is 1. The van der Waals surface area contributed by atoms with Crippen molar-refractivity contribution < 1.29 is 19.2 Å². The summed E-state index contributed by atoms with van der Waals surface area (Å²) in [6, 6.07) is -0.0814. The summed E-state index contributed by atoms with van der Waals surface area (Å²) in [7, 11) is 0. The molecular weight excluding hydrogens is 392 g/mol. The third-order valence-corrected chi connectivity index (χ3v) is 5.18. The summed E-state index contributed by atoms with van der Waals surface area (Å²) in [6.07, 6.45) is 3.61. The molecule has 1 aromatic rings. The lowest BCUT2D eigenvalue weighted by Gasteiger charge is -2.37. The van der Waals surface area contributed by atoms with Gasteiger partial charge < -0.3 is 25.4 Å². The minimum atomic E-state index is -0.558. The van der Waals surface area contributed by atoms with Crippen LogP contribution in [0, 0.1) is 10.1 Å². The van der Waals surface area contributed by atoms with Crippen LogP contribution >= 0.6 is 0 Å². The molecule has 1 saturated carbocycles. The highest BCUT2D eigenvalue weighted by atomic mass is 16.6. The van der Waals surface area contributed by atoms with Crippen LogP contribution in [-0.2, 0) is 9.47 Å². The van der Waals surface area contributed by atoms with Crippen LogP contribution in [0.5, 0.6) is 0 Å². The monoisotopic (exact) mass is 422 g/mol. The molecule has 1 aromatic heterocycles. The summed E-state index contributed by atoms with van der Waals surface area (Å²) in [4.78, 5) is 31.2. The van der Waals surface area contributed by atoms with Gasteiger partial charge in [-0.2, -0.15) is 4.98 Å². The number of carbonyl (C=O) groups is 1. The number of anilines is 2. The Balaban J connectivity index is 1.60. The first-order valence-corrected chi connectivity index (χ1v) is 10.2. The van der Waals surface area contributed by atoms with E-state index in [0.717, 1.165) is 12.8 Å². The highest BCUT2D eigenvalue weighted by Gasteiger charge is 2.34. The first-order chi connectivity index (χ1) is 14.0. The number of nitrogens with zero attached hydrogens (tertiary/aromatic N) is 3. The van der Waals surface area contributed by atoms with Crippen LogP contribution in [0.3, 0.4) is 0 Å². The Hall–Kier alpha value is -2.69. The van der Waals surface area contributed by atoms with Crippen molar-refractivity contribution in [2.75, 3.05) is 23.8 Å². The Labute approximate surface area is 175 Å². The molecular formula is C19H30N6O5. The molecule has 0 spiro atoms. The molecule has 2 aliphatic rings. The second-order valence-electron chi connectivity index (χ2n) is 9.14. The molecule has 3 rings (SSSR count). The van der Waals surface area contributed by atoms with Crippen molar-refractivity contribution in [2.45, 2.75) is 76.6 Å². The molecule has 30 heavy (non-hydrogen) atoms. The van der Waals surface area contributed by atoms with Crippen molar-refractivity contribution in [1.29, 1.82) is 0 Å². The summed E-state index contributed by atoms with van der Waals surface area (Å²) in [5.41, 5.74) is -0.955. The normalized spacial score (nSPS) is 23.1. The third kappa shape index (κ3) is 5.91. The zero-order chi connectivity index (χ0) is 21.9. The number of aromatic nitrogens is 2. The first-order valence-electron chi connectivity index (χ1n) is 10.2. The van der Waals surface area contributed by atoms with Gasteiger partial charge in [-0.15, -0.1) is 0 Å². The fourth-order valence-corrected chi connectivity index (χ4v) is 3.41. The molecule has 0 unspecified atom stereocenters. The van der Waals surface area contributed by atoms with Crippen molar-refractivity contribution in [3.8, 4) is 0 Å². The van der Waals surface area contributed by atoms with Crippen LogP contribution < -0.4 is 16.0 Å². The third-order valence-electron chi connectivity index (χ3n) is 5.18. The molecule has 11 heteroatoms. The number of ether oxygens (including phenoxy) is 2. The fraction of sp³-hybridized carbons (Fsp3) is 0.737. The van der Waals surface area contributed by atoms with E-state index in [1.807, 2.05) is 0 Å². The molecule has 1 saturated heterocycles. The lowest BCUT2D eigenvalue weighted by molar-refractivity contribution is -0.384. The van der Waals surface area contributed by atoms with E-state index in [1.165, 1.54) is 6.20 Å². The maximum atomic E-state index is 11.9. The van der Waals surface area contributed by atoms with Gasteiger partial charge in [0.1, 0.15) is 11.8 Å². The Bertz CT molecular complexity index is 784. The molecule has 1 aliphatic carbocycles. The van der Waals surface area contributed by atoms with Gasteiger partial charge in [-0.25, -0.2) is 9.78 Å². The molecule has 0 bridgehead atoms. The number of hydrogen-bond donors (Lipinski definition) is 3. The van der Waals surface area contributed by atoms with E-state index < -0.39 is 16.6 Å². The quantitative estimate of drug-likeness (QED) is 0.466. The van der Waals surface area contributed by atoms with E-state index in [4.69, 9.17) is 9.47 Å². The maximum absolute atomic E-state index is 11.9. The smallest absolute Gasteiger partial charge is 0.407 e. The highest BCUT2D eigenvalue weighted by Crippen LogP contribution is 2.30. The van der Waals surface area contributed by atoms with E-state index in [0.29, 0.717) is 32.0 Å². The van der Waals surface area contributed by atoms with Crippen LogP contribution in [0.2, 0.25) is 0 Å². The van der Waals surface area contributed by atoms with Crippen LogP contribution in [0.15, 0.2) is 6.20 Å². The number of amides is 1. The van der Waals surface area contributed by atoms with Gasteiger partial charge in [-0.1, -0.05) is 0 Å². The molecule has 2 heterocycles. The fourth-order valence-electron chi connectivity index (χ4n) is 3.41. The van der Waals surface area contributed by atoms with Gasteiger partial charge in [0.05, 0.1) is 4.92 Å². The average Bonchev–Trinajstić information content (AvgIpc) is 2.58. The van der Waals surface area contributed by atoms with Crippen LogP contribution in [-0.4, -0.2) is 57.4 Å². The number of alkyl carbamates (subject to hydrolysis) is 1. The van der Waals surface area contributed by atoms with Crippen molar-refractivity contribution in [2.24, 2.45) is 0 Å². The van der Waals surface area contributed by atoms with Crippen molar-refractivity contribution >= 4 is 23.5 Å². The van der Waals surface area contributed by atoms with Crippen molar-refractivity contribution in [3.05, 3.63) is 16.3 Å². The zero-order valence-electron chi connectivity index (χ0n) is 17.9. The van der Waals surface area contributed by atoms with Crippen molar-refractivity contribution in [3.63, 3.8) is 0 Å². The number of carbonyl (C=O) groups excluding carboxylic acids is 1. The van der Waals surface area contributed by atoms with Gasteiger partial charge in [-0.05, 0) is 53.4 Å². The van der Waals surface area contributed by atoms with E-state index in [2.05, 4.69) is 32.8 Å². The van der Waals surface area contributed by atoms with Gasteiger partial charge in [0.15, 0.2) is 0 Å². The lowest BCUT2D eigenvalue weighted by atomic mass is 9.87. The summed E-state index contributed by atoms with van der Waals surface area (Å²) in [6.45, 7) is 8.77. The van der Waals surface area contributed by atoms with E-state index in [1.54, 1.807) is 20.8 Å². The number of rotatable bonds is 6. The molecule has 2 fully saturated rings. The Kier molecular flexibility index (Phi) is 6.30. The second kappa shape index (κ2) is 8.58. The summed E-state index contributed by atoms with van der Waals surface area (Å²) in [5.74, 6) is 0.518. The van der Waals surface area contributed by atoms with E-state index in [9.17, 15) is 14.9 Å². The predicted molar refractivity (Wildman–Crippen MR) is 111 cm³/mol. The Morgan fingerprint density at radius 2 is 1.97 bits per heavy atom. The van der Waals surface area contributed by atoms with E-state index >= 15 is 0 Å². The molecule has 1 amide bonds. The predicted octanol–water partition coefficient (Wildman–Crippen LogP) is 2.83. The SMILES string of the molecule is CC1(Nc2ncc([N+](=O)[O-])c(NC3CC(NC(=O)OC(C)(C)C)C3)n2)CCOCC1. The summed E-state index contributed by atoms with van der Waals surface area (Å²) < 4.78 is 10.6. The summed E-state index contributed by atoms with van der Waals surface area (Å²) >= 11 is 0. The second-order valence-corrected chi connectivity index (χ2v) is 9.14. The lowest BCUT2D eigenvalue weighted by Crippen LogP contribution is -2.50. The average molecular weight is 422 g/mol. The Morgan fingerprint density at radius 3 is 2.57 bits per heavy atom. The van der Waals surface area contributed by atoms with Crippen molar-refractivity contribution in [1.82, 2.24) is 15.3 Å². The van der Waals surface area contributed by atoms with Crippen LogP contribution in [0.25, 0.3) is 0 Å². The molecule has 0 radical (unpaired) electrons. The minimum Gasteiger partial charge on any atom is -0.444 e. The van der Waals surface area contributed by atoms with Gasteiger partial charge in [0.25, 0.3) is 0 Å². The standard InChI is InChI=1S/C19H30N6O5/c1-18(2,3)30-17(26)22-13-9-12(10-13)21-15-14(25(27)28)11-20-16(23-15)24-19(4)5-7-29-8-6-19/h11-13H,5-10H2,1-4H3,(H,22,26)(H2,20,21,23,24). The highest BCUT2D eigenvalue weighted by molar-refractivity contribution is 5.68. The summed E-state index contributed by atoms with van der Waals surface area (Å²) in [5, 5.41) is 20.6. The first kappa shape index (κ1) is 22.0. The van der Waals surface area contributed by atoms with Crippen LogP contribution in [0.4, 0.5) is 22.2 Å². The minimum absolute atomic E-state index is 0.0370. The Morgan fingerprint density at radius 1 is 1.30 bits per heavy atom. The number of nitrogens with one attached hydrogen (secondary N) is 3. The maximum Gasteiger partial charge on any atom is 0.407 e. The molecule has 11 nitrogen and oxygen atoms in total. The van der Waals surface area contributed by atoms with Gasteiger partial charge >= 0.3 is 11.8 Å². The largest absolute Gasteiger partial charge is 0.444 e. The molecule has 3 N–H and O–H groups in total. The van der Waals surface area contributed by atoms with E-state index in [-0.39, 0.29) is 29.1 Å².